The largest absolute Gasteiger partial charge is 0.393 e. The van der Waals surface area contributed by atoms with Gasteiger partial charge in [-0.1, -0.05) is 31.2 Å². The molecule has 0 bridgehead atoms. The van der Waals surface area contributed by atoms with Gasteiger partial charge in [0.15, 0.2) is 0 Å². The molecule has 0 spiro atoms. The van der Waals surface area contributed by atoms with E-state index in [0.29, 0.717) is 37.7 Å². The molecular weight excluding hydrogens is 376 g/mol. The van der Waals surface area contributed by atoms with Crippen LogP contribution in [-0.2, 0) is 4.74 Å². The molecule has 0 radical (unpaired) electrons. The zero-order chi connectivity index (χ0) is 22.1. The van der Waals surface area contributed by atoms with Gasteiger partial charge in [-0.15, -0.1) is 0 Å². The Bertz CT molecular complexity index is 686. The summed E-state index contributed by atoms with van der Waals surface area (Å²) in [5.74, 6) is 1.11. The van der Waals surface area contributed by atoms with E-state index in [1.54, 1.807) is 0 Å². The van der Waals surface area contributed by atoms with E-state index in [4.69, 9.17) is 4.74 Å². The lowest BCUT2D eigenvalue weighted by molar-refractivity contribution is -0.0454. The Hall–Kier alpha value is -0.940. The van der Waals surface area contributed by atoms with Crippen LogP contribution < -0.4 is 0 Å². The first kappa shape index (κ1) is 23.7. The molecule has 170 valence electrons. The third kappa shape index (κ3) is 5.27. The second kappa shape index (κ2) is 9.28. The molecule has 0 aromatic carbocycles. The highest BCUT2D eigenvalue weighted by Gasteiger charge is 2.51. The smallest absolute Gasteiger partial charge is 0.0811 e. The molecule has 0 aliphatic heterocycles. The summed E-state index contributed by atoms with van der Waals surface area (Å²) in [6.45, 7) is 13.0. The Labute approximate surface area is 182 Å². The normalized spacial score (nSPS) is 38.8. The first-order chi connectivity index (χ1) is 14.0. The van der Waals surface area contributed by atoms with Crippen LogP contribution in [0.5, 0.6) is 0 Å². The van der Waals surface area contributed by atoms with Crippen molar-refractivity contribution in [3.8, 4) is 0 Å². The molecule has 2 unspecified atom stereocenters. The minimum absolute atomic E-state index is 0.198. The number of aliphatic hydroxyl groups is 3. The van der Waals surface area contributed by atoms with E-state index in [-0.39, 0.29) is 11.5 Å². The fourth-order valence-corrected chi connectivity index (χ4v) is 6.13. The molecule has 0 amide bonds. The van der Waals surface area contributed by atoms with E-state index < -0.39 is 17.8 Å². The van der Waals surface area contributed by atoms with Crippen LogP contribution in [0.1, 0.15) is 79.1 Å². The molecule has 3 N–H and O–H groups in total. The zero-order valence-electron chi connectivity index (χ0n) is 19.4. The first-order valence-electron chi connectivity index (χ1n) is 11.8. The fraction of sp³-hybridized carbons (Fsp3) is 0.769. The van der Waals surface area contributed by atoms with Crippen LogP contribution in [0.15, 0.2) is 35.5 Å². The summed E-state index contributed by atoms with van der Waals surface area (Å²) in [6.07, 6.45) is 11.0. The molecule has 3 saturated carbocycles. The topological polar surface area (TPSA) is 69.9 Å². The summed E-state index contributed by atoms with van der Waals surface area (Å²) < 4.78 is 6.19. The van der Waals surface area contributed by atoms with Gasteiger partial charge >= 0.3 is 0 Å². The SMILES string of the molecule is C=C1/C(=C/C=C2\CCCC3(C)[C@@H]([C@H](C)OCCC(C)(C)O)CC[C@@H]23)CC(O)C[C@@H]1O. The summed E-state index contributed by atoms with van der Waals surface area (Å²) in [4.78, 5) is 0. The molecule has 0 aromatic heterocycles. The van der Waals surface area contributed by atoms with Crippen LogP contribution in [0.3, 0.4) is 0 Å². The molecule has 4 heteroatoms. The van der Waals surface area contributed by atoms with Crippen LogP contribution in [0, 0.1) is 17.3 Å². The van der Waals surface area contributed by atoms with Crippen LogP contribution in [0.2, 0.25) is 0 Å². The molecule has 3 aliphatic rings. The van der Waals surface area contributed by atoms with Crippen molar-refractivity contribution in [2.45, 2.75) is 103 Å². The number of aliphatic hydroxyl groups excluding tert-OH is 2. The van der Waals surface area contributed by atoms with E-state index in [2.05, 4.69) is 32.6 Å². The fourth-order valence-electron chi connectivity index (χ4n) is 6.13. The maximum absolute atomic E-state index is 10.1. The lowest BCUT2D eigenvalue weighted by atomic mass is 9.62. The van der Waals surface area contributed by atoms with Gasteiger partial charge in [-0.25, -0.2) is 0 Å². The summed E-state index contributed by atoms with van der Waals surface area (Å²) in [6, 6.07) is 0. The Morgan fingerprint density at radius 1 is 1.27 bits per heavy atom. The highest BCUT2D eigenvalue weighted by Crippen LogP contribution is 2.58. The van der Waals surface area contributed by atoms with E-state index in [1.165, 1.54) is 31.3 Å². The highest BCUT2D eigenvalue weighted by molar-refractivity contribution is 5.38. The number of hydrogen-bond donors (Lipinski definition) is 3. The molecular formula is C26H42O4. The molecule has 4 nitrogen and oxygen atoms in total. The van der Waals surface area contributed by atoms with Gasteiger partial charge in [0.1, 0.15) is 0 Å². The molecule has 30 heavy (non-hydrogen) atoms. The summed E-state index contributed by atoms with van der Waals surface area (Å²) in [5, 5.41) is 30.1. The first-order valence-corrected chi connectivity index (χ1v) is 11.8. The van der Waals surface area contributed by atoms with E-state index in [0.717, 1.165) is 17.6 Å². The quantitative estimate of drug-likeness (QED) is 0.585. The van der Waals surface area contributed by atoms with E-state index >= 15 is 0 Å². The second-order valence-electron chi connectivity index (χ2n) is 10.8. The summed E-state index contributed by atoms with van der Waals surface area (Å²) >= 11 is 0. The maximum atomic E-state index is 10.1. The van der Waals surface area contributed by atoms with Gasteiger partial charge < -0.3 is 20.1 Å². The molecule has 0 aromatic rings. The predicted octanol–water partition coefficient (Wildman–Crippen LogP) is 4.69. The van der Waals surface area contributed by atoms with Crippen LogP contribution in [0.4, 0.5) is 0 Å². The Kier molecular flexibility index (Phi) is 7.33. The van der Waals surface area contributed by atoms with Gasteiger partial charge in [-0.05, 0) is 94.1 Å². The van der Waals surface area contributed by atoms with Crippen molar-refractivity contribution in [1.29, 1.82) is 0 Å². The minimum Gasteiger partial charge on any atom is -0.393 e. The van der Waals surface area contributed by atoms with E-state index in [9.17, 15) is 15.3 Å². The van der Waals surface area contributed by atoms with Crippen LogP contribution in [0.25, 0.3) is 0 Å². The third-order valence-corrected chi connectivity index (χ3v) is 7.96. The van der Waals surface area contributed by atoms with Crippen molar-refractivity contribution in [3.05, 3.63) is 35.5 Å². The standard InChI is InChI=1S/C26H42O4/c1-17-20(15-21(27)16-24(17)28)9-8-19-7-6-12-26(5)22(10-11-23(19)26)18(2)30-14-13-25(3,4)29/h8-9,18,21-24,27-29H,1,6-7,10-16H2,2-5H3/b19-8+,20-9+/t18-,21?,22+,23-,24-,26?/m0/s1. The predicted molar refractivity (Wildman–Crippen MR) is 121 cm³/mol. The van der Waals surface area contributed by atoms with Crippen LogP contribution >= 0.6 is 0 Å². The van der Waals surface area contributed by atoms with E-state index in [1.807, 2.05) is 13.8 Å². The second-order valence-corrected chi connectivity index (χ2v) is 10.8. The molecule has 0 saturated heterocycles. The number of allylic oxidation sites excluding steroid dienone is 3. The monoisotopic (exact) mass is 418 g/mol. The molecule has 3 fully saturated rings. The Morgan fingerprint density at radius 3 is 2.70 bits per heavy atom. The van der Waals surface area contributed by atoms with Crippen molar-refractivity contribution in [1.82, 2.24) is 0 Å². The number of rotatable bonds is 6. The minimum atomic E-state index is -0.680. The van der Waals surface area contributed by atoms with Crippen molar-refractivity contribution < 1.29 is 20.1 Å². The Balaban J connectivity index is 1.70. The van der Waals surface area contributed by atoms with Crippen molar-refractivity contribution >= 4 is 0 Å². The van der Waals surface area contributed by atoms with Gasteiger partial charge in [0.05, 0.1) is 23.9 Å². The van der Waals surface area contributed by atoms with Crippen molar-refractivity contribution in [3.63, 3.8) is 0 Å². The summed E-state index contributed by atoms with van der Waals surface area (Å²) in [5.41, 5.74) is 2.82. The van der Waals surface area contributed by atoms with Gasteiger partial charge in [0.25, 0.3) is 0 Å². The lowest BCUT2D eigenvalue weighted by Crippen LogP contribution is -2.39. The third-order valence-electron chi connectivity index (χ3n) is 7.96. The summed E-state index contributed by atoms with van der Waals surface area (Å²) in [7, 11) is 0. The van der Waals surface area contributed by atoms with Gasteiger partial charge in [0.2, 0.25) is 0 Å². The lowest BCUT2D eigenvalue weighted by Gasteiger charge is -2.44. The van der Waals surface area contributed by atoms with Crippen molar-refractivity contribution in [2.75, 3.05) is 6.61 Å². The molecule has 0 heterocycles. The van der Waals surface area contributed by atoms with Crippen LogP contribution in [-0.4, -0.2) is 45.8 Å². The number of ether oxygens (including phenoxy) is 1. The average Bonchev–Trinajstić information content (AvgIpc) is 3.00. The number of hydrogen-bond acceptors (Lipinski definition) is 4. The number of fused-ring (bicyclic) bond motifs is 1. The van der Waals surface area contributed by atoms with Gasteiger partial charge in [-0.3, -0.25) is 0 Å². The van der Waals surface area contributed by atoms with Gasteiger partial charge in [0, 0.05) is 13.0 Å². The molecule has 3 rings (SSSR count). The Morgan fingerprint density at radius 2 is 2.00 bits per heavy atom. The molecule has 3 aliphatic carbocycles. The highest BCUT2D eigenvalue weighted by atomic mass is 16.5. The van der Waals surface area contributed by atoms with Crippen molar-refractivity contribution in [2.24, 2.45) is 17.3 Å². The molecule has 6 atom stereocenters. The maximum Gasteiger partial charge on any atom is 0.0811 e. The van der Waals surface area contributed by atoms with Gasteiger partial charge in [-0.2, -0.15) is 0 Å². The zero-order valence-corrected chi connectivity index (χ0v) is 19.4. The average molecular weight is 419 g/mol.